The molecule has 0 aromatic heterocycles. The Hall–Kier alpha value is -4.29. The number of azo groups is 1. The lowest BCUT2D eigenvalue weighted by molar-refractivity contribution is 0.0407. The van der Waals surface area contributed by atoms with Crippen molar-refractivity contribution in [3.05, 3.63) is 94.4 Å². The molecule has 0 saturated carbocycles. The molecule has 0 bridgehead atoms. The number of rotatable bonds is 13. The third kappa shape index (κ3) is 8.90. The molecule has 0 radical (unpaired) electrons. The summed E-state index contributed by atoms with van der Waals surface area (Å²) in [7, 11) is 1.38. The highest BCUT2D eigenvalue weighted by Crippen LogP contribution is 2.22. The van der Waals surface area contributed by atoms with Gasteiger partial charge in [0.1, 0.15) is 6.23 Å². The Morgan fingerprint density at radius 2 is 1.56 bits per heavy atom. The number of hydrogen-bond donors (Lipinski definition) is 1. The van der Waals surface area contributed by atoms with Gasteiger partial charge in [-0.2, -0.15) is 10.2 Å². The molecule has 0 saturated heterocycles. The highest BCUT2D eigenvalue weighted by atomic mass is 32.2. The summed E-state index contributed by atoms with van der Waals surface area (Å²) in [5.41, 5.74) is 12.2. The minimum Gasteiger partial charge on any atom is -0.465 e. The summed E-state index contributed by atoms with van der Waals surface area (Å²) in [4.78, 5) is 16.3. The average molecular weight is 552 g/mol. The molecule has 3 rings (SSSR count). The molecule has 1 N–H and O–H groups in total. The fourth-order valence-corrected chi connectivity index (χ4v) is 4.35. The van der Waals surface area contributed by atoms with Gasteiger partial charge in [0.25, 0.3) is 0 Å². The molecule has 3 aromatic rings. The molecule has 0 fully saturated rings. The van der Waals surface area contributed by atoms with Crippen LogP contribution in [0.5, 0.6) is 0 Å². The predicted octanol–water partition coefficient (Wildman–Crippen LogP) is 5.48. The first kappa shape index (κ1) is 29.3. The molecule has 0 aliphatic heterocycles. The zero-order valence-corrected chi connectivity index (χ0v) is 22.6. The summed E-state index contributed by atoms with van der Waals surface area (Å²) in [5, 5.41) is 11.9. The molecule has 0 amide bonds. The molecule has 204 valence electrons. The van der Waals surface area contributed by atoms with Gasteiger partial charge in [0, 0.05) is 31.2 Å². The van der Waals surface area contributed by atoms with Gasteiger partial charge in [-0.1, -0.05) is 17.2 Å². The Morgan fingerprint density at radius 3 is 2.10 bits per heavy atom. The molecule has 12 nitrogen and oxygen atoms in total. The smallest absolute Gasteiger partial charge is 0.337 e. The van der Waals surface area contributed by atoms with E-state index in [0.29, 0.717) is 16.9 Å². The summed E-state index contributed by atoms with van der Waals surface area (Å²) >= 11 is 0. The molecular formula is C26H29N7O5S. The van der Waals surface area contributed by atoms with E-state index in [1.165, 1.54) is 19.2 Å². The van der Waals surface area contributed by atoms with Crippen molar-refractivity contribution in [3.63, 3.8) is 0 Å². The van der Waals surface area contributed by atoms with Crippen LogP contribution in [0.4, 0.5) is 17.1 Å². The first-order valence-electron chi connectivity index (χ1n) is 11.8. The monoisotopic (exact) mass is 551 g/mol. The average Bonchev–Trinajstić information content (AvgIpc) is 2.95. The molecule has 0 aliphatic rings. The number of methoxy groups -OCH3 is 1. The summed E-state index contributed by atoms with van der Waals surface area (Å²) in [6.07, 6.45) is -0.782. The number of benzene rings is 3. The lowest BCUT2D eigenvalue weighted by Crippen LogP contribution is -2.27. The third-order valence-electron chi connectivity index (χ3n) is 5.48. The van der Waals surface area contributed by atoms with Gasteiger partial charge in [-0.3, -0.25) is 0 Å². The number of hydrogen-bond acceptors (Lipinski definition) is 9. The Balaban J connectivity index is 1.52. The van der Waals surface area contributed by atoms with E-state index in [9.17, 15) is 13.2 Å². The van der Waals surface area contributed by atoms with Crippen LogP contribution < -0.4 is 9.62 Å². The van der Waals surface area contributed by atoms with Gasteiger partial charge in [0.05, 0.1) is 35.6 Å². The van der Waals surface area contributed by atoms with Gasteiger partial charge in [-0.05, 0) is 78.2 Å². The second kappa shape index (κ2) is 14.0. The first-order valence-corrected chi connectivity index (χ1v) is 13.3. The first-order chi connectivity index (χ1) is 18.7. The van der Waals surface area contributed by atoms with E-state index in [2.05, 4.69) is 29.7 Å². The number of carbonyl (C=O) groups is 1. The van der Waals surface area contributed by atoms with E-state index in [0.717, 1.165) is 11.3 Å². The number of anilines is 1. The van der Waals surface area contributed by atoms with Crippen LogP contribution in [0.2, 0.25) is 0 Å². The van der Waals surface area contributed by atoms with Crippen LogP contribution in [-0.4, -0.2) is 48.4 Å². The molecule has 13 heteroatoms. The number of carbonyl (C=O) groups excluding carboxylic acids is 1. The largest absolute Gasteiger partial charge is 0.465 e. The standard InChI is InChI=1S/C26H29N7O5S/c1-33(2)23-12-8-21(9-13-23)29-30-22-10-14-24(15-11-22)39(35,36)28-17-16-25(31-32-27)38-18-19-4-6-20(7-5-19)26(34)37-3/h4-15,25,28H,16-18H2,1-3H3/b30-29+. The van der Waals surface area contributed by atoms with Gasteiger partial charge < -0.3 is 14.4 Å². The Morgan fingerprint density at radius 1 is 0.974 bits per heavy atom. The van der Waals surface area contributed by atoms with Gasteiger partial charge in [-0.25, -0.2) is 17.9 Å². The molecule has 0 aliphatic carbocycles. The van der Waals surface area contributed by atoms with Gasteiger partial charge >= 0.3 is 5.97 Å². The summed E-state index contributed by atoms with van der Waals surface area (Å²) < 4.78 is 38.1. The summed E-state index contributed by atoms with van der Waals surface area (Å²) in [6.45, 7) is 0.0887. The van der Waals surface area contributed by atoms with E-state index >= 15 is 0 Å². The highest BCUT2D eigenvalue weighted by Gasteiger charge is 2.15. The molecule has 3 aromatic carbocycles. The Kier molecular flexibility index (Phi) is 10.5. The van der Waals surface area contributed by atoms with Crippen molar-refractivity contribution in [2.75, 3.05) is 32.6 Å². The van der Waals surface area contributed by atoms with Crippen LogP contribution in [0.25, 0.3) is 10.4 Å². The van der Waals surface area contributed by atoms with Crippen molar-refractivity contribution < 1.29 is 22.7 Å². The molecule has 1 unspecified atom stereocenters. The van der Waals surface area contributed by atoms with Crippen LogP contribution in [0.15, 0.2) is 93.0 Å². The number of nitrogens with one attached hydrogen (secondary N) is 1. The van der Waals surface area contributed by atoms with Crippen LogP contribution in [0.3, 0.4) is 0 Å². The maximum atomic E-state index is 12.7. The molecule has 1 atom stereocenters. The van der Waals surface area contributed by atoms with Crippen LogP contribution in [0.1, 0.15) is 22.3 Å². The third-order valence-corrected chi connectivity index (χ3v) is 6.95. The Labute approximate surface area is 227 Å². The van der Waals surface area contributed by atoms with E-state index in [-0.39, 0.29) is 24.5 Å². The quantitative estimate of drug-likeness (QED) is 0.128. The highest BCUT2D eigenvalue weighted by molar-refractivity contribution is 7.89. The van der Waals surface area contributed by atoms with E-state index in [4.69, 9.17) is 10.3 Å². The number of azide groups is 1. The number of ether oxygens (including phenoxy) is 2. The number of sulfonamides is 1. The molecule has 39 heavy (non-hydrogen) atoms. The van der Waals surface area contributed by atoms with E-state index in [1.807, 2.05) is 43.3 Å². The topological polar surface area (TPSA) is 158 Å². The van der Waals surface area contributed by atoms with E-state index < -0.39 is 22.2 Å². The minimum atomic E-state index is -3.81. The van der Waals surface area contributed by atoms with Crippen molar-refractivity contribution in [1.82, 2.24) is 4.72 Å². The van der Waals surface area contributed by atoms with Crippen molar-refractivity contribution in [3.8, 4) is 0 Å². The number of nitrogens with zero attached hydrogens (tertiary/aromatic N) is 6. The van der Waals surface area contributed by atoms with Gasteiger partial charge in [0.15, 0.2) is 0 Å². The molecule has 0 heterocycles. The lowest BCUT2D eigenvalue weighted by atomic mass is 10.1. The number of esters is 1. The zero-order chi connectivity index (χ0) is 28.3. The summed E-state index contributed by atoms with van der Waals surface area (Å²) in [6, 6.07) is 20.1. The van der Waals surface area contributed by atoms with Crippen molar-refractivity contribution in [2.45, 2.75) is 24.2 Å². The van der Waals surface area contributed by atoms with Gasteiger partial charge in [0.2, 0.25) is 10.0 Å². The van der Waals surface area contributed by atoms with Gasteiger partial charge in [-0.15, -0.1) is 0 Å². The maximum absolute atomic E-state index is 12.7. The lowest BCUT2D eigenvalue weighted by Gasteiger charge is -2.14. The van der Waals surface area contributed by atoms with Crippen molar-refractivity contribution in [1.29, 1.82) is 0 Å². The molecule has 0 spiro atoms. The fourth-order valence-electron chi connectivity index (χ4n) is 3.30. The SMILES string of the molecule is COC(=O)c1ccc(COC(CCNS(=O)(=O)c2ccc(/N=N/c3ccc(N(C)C)cc3)cc2)N=[N+]=[N-])cc1. The van der Waals surface area contributed by atoms with Crippen molar-refractivity contribution in [2.24, 2.45) is 15.3 Å². The fraction of sp³-hybridized carbons (Fsp3) is 0.269. The Bertz CT molecular complexity index is 1420. The minimum absolute atomic E-state index is 0.0162. The summed E-state index contributed by atoms with van der Waals surface area (Å²) in [5.74, 6) is -0.452. The second-order valence-electron chi connectivity index (χ2n) is 8.45. The zero-order valence-electron chi connectivity index (χ0n) is 21.8. The van der Waals surface area contributed by atoms with Crippen LogP contribution in [-0.2, 0) is 26.1 Å². The maximum Gasteiger partial charge on any atom is 0.337 e. The normalized spacial score (nSPS) is 12.1. The van der Waals surface area contributed by atoms with Crippen molar-refractivity contribution >= 4 is 33.1 Å². The van der Waals surface area contributed by atoms with Crippen LogP contribution >= 0.6 is 0 Å². The predicted molar refractivity (Wildman–Crippen MR) is 147 cm³/mol. The van der Waals surface area contributed by atoms with E-state index in [1.54, 1.807) is 36.4 Å². The van der Waals surface area contributed by atoms with Crippen LogP contribution in [0, 0.1) is 0 Å². The second-order valence-corrected chi connectivity index (χ2v) is 10.2. The molecular weight excluding hydrogens is 522 g/mol.